The van der Waals surface area contributed by atoms with E-state index < -0.39 is 0 Å². The van der Waals surface area contributed by atoms with Crippen molar-refractivity contribution in [3.8, 4) is 0 Å². The molecule has 0 aliphatic carbocycles. The number of fused-ring (bicyclic) bond motifs is 2. The quantitative estimate of drug-likeness (QED) is 0.565. The average molecular weight is 353 g/mol. The number of para-hydroxylation sites is 1. The van der Waals surface area contributed by atoms with Crippen molar-refractivity contribution in [3.63, 3.8) is 0 Å². The molecule has 0 saturated carbocycles. The van der Waals surface area contributed by atoms with Crippen LogP contribution in [0.4, 0.5) is 17.1 Å². The Morgan fingerprint density at radius 2 is 2.12 bits per heavy atom. The van der Waals surface area contributed by atoms with E-state index in [-0.39, 0.29) is 5.56 Å². The topological polar surface area (TPSA) is 63.1 Å². The largest absolute Gasteiger partial charge is 0.381 e. The van der Waals surface area contributed by atoms with Gasteiger partial charge in [0.2, 0.25) is 0 Å². The highest BCUT2D eigenvalue weighted by Gasteiger charge is 2.22. The number of rotatable bonds is 2. The molecule has 1 N–H and O–H groups in total. The average Bonchev–Trinajstić information content (AvgIpc) is 2.64. The molecule has 4 rings (SSSR count). The minimum Gasteiger partial charge on any atom is -0.381 e. The van der Waals surface area contributed by atoms with E-state index in [1.165, 1.54) is 17.3 Å². The molecular weight excluding hydrogens is 334 g/mol. The molecule has 3 aromatic rings. The second kappa shape index (κ2) is 6.07. The molecule has 7 heteroatoms. The first-order chi connectivity index (χ1) is 12.1. The molecule has 0 saturated heterocycles. The van der Waals surface area contributed by atoms with Gasteiger partial charge in [-0.3, -0.25) is 9.36 Å². The van der Waals surface area contributed by atoms with Gasteiger partial charge in [0.25, 0.3) is 5.56 Å². The van der Waals surface area contributed by atoms with Gasteiger partial charge in [-0.05, 0) is 30.9 Å². The van der Waals surface area contributed by atoms with Crippen LogP contribution < -0.4 is 15.8 Å². The summed E-state index contributed by atoms with van der Waals surface area (Å²) in [6.45, 7) is 3.60. The minimum absolute atomic E-state index is 0.0485. The Kier molecular flexibility index (Phi) is 3.88. The van der Waals surface area contributed by atoms with Crippen LogP contribution in [0.1, 0.15) is 5.56 Å². The van der Waals surface area contributed by atoms with E-state index >= 15 is 0 Å². The number of aryl methyl sites for hydroxylation is 2. The van der Waals surface area contributed by atoms with Crippen LogP contribution >= 0.6 is 11.8 Å². The Morgan fingerprint density at radius 1 is 1.28 bits per heavy atom. The number of benzene rings is 1. The summed E-state index contributed by atoms with van der Waals surface area (Å²) in [7, 11) is 1.77. The SMILES string of the molecule is CSc1ncc2cc(N3CCNc4c(C)cccc43)c(=O)n(C)c2n1. The molecule has 2 aromatic heterocycles. The van der Waals surface area contributed by atoms with Crippen molar-refractivity contribution in [3.05, 3.63) is 46.4 Å². The van der Waals surface area contributed by atoms with E-state index in [1.807, 2.05) is 24.5 Å². The van der Waals surface area contributed by atoms with E-state index in [4.69, 9.17) is 0 Å². The summed E-state index contributed by atoms with van der Waals surface area (Å²) in [6, 6.07) is 8.05. The molecule has 1 aliphatic heterocycles. The van der Waals surface area contributed by atoms with Crippen molar-refractivity contribution in [2.75, 3.05) is 29.6 Å². The van der Waals surface area contributed by atoms with Crippen molar-refractivity contribution in [1.82, 2.24) is 14.5 Å². The fourth-order valence-electron chi connectivity index (χ4n) is 3.28. The maximum absolute atomic E-state index is 13.0. The number of nitrogens with one attached hydrogen (secondary N) is 1. The lowest BCUT2D eigenvalue weighted by atomic mass is 10.1. The van der Waals surface area contributed by atoms with Crippen molar-refractivity contribution in [2.24, 2.45) is 7.05 Å². The third kappa shape index (κ3) is 2.55. The van der Waals surface area contributed by atoms with Gasteiger partial charge in [0, 0.05) is 31.7 Å². The maximum Gasteiger partial charge on any atom is 0.275 e. The molecule has 0 spiro atoms. The van der Waals surface area contributed by atoms with Gasteiger partial charge in [0.05, 0.1) is 11.4 Å². The van der Waals surface area contributed by atoms with Crippen LogP contribution in [0.3, 0.4) is 0 Å². The number of anilines is 3. The Bertz CT molecular complexity index is 1030. The molecule has 0 bridgehead atoms. The van der Waals surface area contributed by atoms with Crippen molar-refractivity contribution >= 4 is 39.9 Å². The Morgan fingerprint density at radius 3 is 2.92 bits per heavy atom. The van der Waals surface area contributed by atoms with Gasteiger partial charge in [-0.15, -0.1) is 0 Å². The summed E-state index contributed by atoms with van der Waals surface area (Å²) >= 11 is 1.47. The highest BCUT2D eigenvalue weighted by atomic mass is 32.2. The summed E-state index contributed by atoms with van der Waals surface area (Å²) in [6.07, 6.45) is 3.71. The number of pyridine rings is 1. The lowest BCUT2D eigenvalue weighted by Gasteiger charge is -2.32. The second-order valence-corrected chi connectivity index (χ2v) is 6.85. The fraction of sp³-hybridized carbons (Fsp3) is 0.278. The molecule has 3 heterocycles. The monoisotopic (exact) mass is 353 g/mol. The highest BCUT2D eigenvalue weighted by molar-refractivity contribution is 7.98. The van der Waals surface area contributed by atoms with Crippen LogP contribution in [0.2, 0.25) is 0 Å². The van der Waals surface area contributed by atoms with E-state index in [0.29, 0.717) is 16.5 Å². The Hall–Kier alpha value is -2.54. The summed E-state index contributed by atoms with van der Waals surface area (Å²) in [4.78, 5) is 23.9. The van der Waals surface area contributed by atoms with Gasteiger partial charge in [-0.1, -0.05) is 23.9 Å². The van der Waals surface area contributed by atoms with Crippen LogP contribution in [0.5, 0.6) is 0 Å². The maximum atomic E-state index is 13.0. The molecular formula is C18H19N5OS. The van der Waals surface area contributed by atoms with Crippen LogP contribution in [0.25, 0.3) is 11.0 Å². The van der Waals surface area contributed by atoms with Crippen LogP contribution in [0, 0.1) is 6.92 Å². The molecule has 128 valence electrons. The first-order valence-corrected chi connectivity index (χ1v) is 9.34. The standard InChI is InChI=1S/C18H19N5OS/c1-11-5-4-6-13-15(11)19-7-8-23(13)14-9-12-10-20-18(25-3)21-16(12)22(2)17(14)24/h4-6,9-10,19H,7-8H2,1-3H3. The van der Waals surface area contributed by atoms with Crippen LogP contribution in [-0.2, 0) is 7.05 Å². The van der Waals surface area contributed by atoms with Crippen LogP contribution in [0.15, 0.2) is 40.4 Å². The zero-order valence-corrected chi connectivity index (χ0v) is 15.2. The smallest absolute Gasteiger partial charge is 0.275 e. The predicted octanol–water partition coefficient (Wildman–Crippen LogP) is 2.92. The van der Waals surface area contributed by atoms with Gasteiger partial charge >= 0.3 is 0 Å². The molecule has 0 atom stereocenters. The van der Waals surface area contributed by atoms with Gasteiger partial charge in [0.15, 0.2) is 5.16 Å². The molecule has 0 unspecified atom stereocenters. The van der Waals surface area contributed by atoms with Crippen molar-refractivity contribution in [2.45, 2.75) is 12.1 Å². The zero-order chi connectivity index (χ0) is 17.6. The molecule has 0 amide bonds. The van der Waals surface area contributed by atoms with Crippen molar-refractivity contribution in [1.29, 1.82) is 0 Å². The lowest BCUT2D eigenvalue weighted by molar-refractivity contribution is 0.840. The fourth-order valence-corrected chi connectivity index (χ4v) is 3.61. The molecule has 1 aliphatic rings. The third-order valence-corrected chi connectivity index (χ3v) is 5.12. The molecule has 1 aromatic carbocycles. The number of nitrogens with zero attached hydrogens (tertiary/aromatic N) is 4. The van der Waals surface area contributed by atoms with Gasteiger partial charge in [0.1, 0.15) is 11.3 Å². The van der Waals surface area contributed by atoms with E-state index in [1.54, 1.807) is 17.8 Å². The molecule has 0 radical (unpaired) electrons. The summed E-state index contributed by atoms with van der Waals surface area (Å²) in [5, 5.41) is 4.97. The molecule has 6 nitrogen and oxygen atoms in total. The zero-order valence-electron chi connectivity index (χ0n) is 14.4. The number of thioether (sulfide) groups is 1. The van der Waals surface area contributed by atoms with Gasteiger partial charge < -0.3 is 10.2 Å². The van der Waals surface area contributed by atoms with E-state index in [9.17, 15) is 4.79 Å². The Balaban J connectivity index is 1.93. The summed E-state index contributed by atoms with van der Waals surface area (Å²) in [5.41, 5.74) is 4.56. The highest BCUT2D eigenvalue weighted by Crippen LogP contribution is 2.36. The number of hydrogen-bond donors (Lipinski definition) is 1. The normalized spacial score (nSPS) is 13.6. The van der Waals surface area contributed by atoms with Gasteiger partial charge in [-0.2, -0.15) is 0 Å². The van der Waals surface area contributed by atoms with E-state index in [2.05, 4.69) is 33.2 Å². The molecule has 0 fully saturated rings. The first kappa shape index (κ1) is 16.0. The second-order valence-electron chi connectivity index (χ2n) is 6.08. The van der Waals surface area contributed by atoms with E-state index in [0.717, 1.165) is 29.9 Å². The number of aromatic nitrogens is 3. The third-order valence-electron chi connectivity index (χ3n) is 4.56. The lowest BCUT2D eigenvalue weighted by Crippen LogP contribution is -2.35. The first-order valence-electron chi connectivity index (χ1n) is 8.12. The minimum atomic E-state index is -0.0485. The summed E-state index contributed by atoms with van der Waals surface area (Å²) < 4.78 is 1.61. The summed E-state index contributed by atoms with van der Waals surface area (Å²) in [5.74, 6) is 0. The van der Waals surface area contributed by atoms with Crippen LogP contribution in [-0.4, -0.2) is 33.9 Å². The van der Waals surface area contributed by atoms with Gasteiger partial charge in [-0.25, -0.2) is 9.97 Å². The molecule has 25 heavy (non-hydrogen) atoms. The Labute approximate surface area is 149 Å². The number of hydrogen-bond acceptors (Lipinski definition) is 6. The predicted molar refractivity (Wildman–Crippen MR) is 103 cm³/mol. The van der Waals surface area contributed by atoms with Crippen molar-refractivity contribution < 1.29 is 0 Å².